The van der Waals surface area contributed by atoms with E-state index in [0.717, 1.165) is 15.3 Å². The number of H-pyrrole nitrogens is 1. The second kappa shape index (κ2) is 4.96. The lowest BCUT2D eigenvalue weighted by Crippen LogP contribution is -2.15. The number of nitrogens with one attached hydrogen (secondary N) is 1. The Morgan fingerprint density at radius 1 is 1.43 bits per heavy atom. The average Bonchev–Trinajstić information content (AvgIpc) is 2.96. The van der Waals surface area contributed by atoms with Crippen LogP contribution in [0.15, 0.2) is 23.1 Å². The van der Waals surface area contributed by atoms with Crippen molar-refractivity contribution in [2.75, 3.05) is 0 Å². The Bertz CT molecular complexity index is 901. The van der Waals surface area contributed by atoms with E-state index in [1.165, 1.54) is 18.3 Å². The first-order chi connectivity index (χ1) is 9.97. The number of hydrogen-bond donors (Lipinski definition) is 1. The third-order valence-corrected chi connectivity index (χ3v) is 4.70. The zero-order chi connectivity index (χ0) is 15.1. The third kappa shape index (κ3) is 2.31. The van der Waals surface area contributed by atoms with E-state index in [-0.39, 0.29) is 11.3 Å². The Kier molecular flexibility index (Phi) is 3.25. The summed E-state index contributed by atoms with van der Waals surface area (Å²) in [6.45, 7) is 5.82. The Balaban J connectivity index is 2.08. The molecule has 3 aromatic rings. The van der Waals surface area contributed by atoms with Crippen LogP contribution in [0.4, 0.5) is 0 Å². The van der Waals surface area contributed by atoms with E-state index in [1.54, 1.807) is 10.6 Å². The van der Waals surface area contributed by atoms with Crippen LogP contribution in [0.5, 0.6) is 0 Å². The number of aromatic nitrogens is 3. The molecule has 3 aromatic heterocycles. The molecule has 0 saturated carbocycles. The standard InChI is InChI=1S/C15H15N3O2S/c1-8-10(3)21-15-13(8)14(20)16-12(17-15)7-18-6-4-5-11(18)9(2)19/h4-6H,7H2,1-3H3,(H,16,17,20). The summed E-state index contributed by atoms with van der Waals surface area (Å²) < 4.78 is 1.79. The molecule has 0 aliphatic heterocycles. The lowest BCUT2D eigenvalue weighted by atomic mass is 10.2. The van der Waals surface area contributed by atoms with Crippen molar-refractivity contribution in [1.82, 2.24) is 14.5 Å². The Labute approximate surface area is 125 Å². The summed E-state index contributed by atoms with van der Waals surface area (Å²) in [5.41, 5.74) is 1.48. The van der Waals surface area contributed by atoms with E-state index in [2.05, 4.69) is 9.97 Å². The number of hydrogen-bond acceptors (Lipinski definition) is 4. The van der Waals surface area contributed by atoms with Crippen molar-refractivity contribution in [3.8, 4) is 0 Å². The molecule has 0 aliphatic rings. The predicted molar refractivity (Wildman–Crippen MR) is 83.3 cm³/mol. The van der Waals surface area contributed by atoms with E-state index in [1.807, 2.05) is 26.1 Å². The molecule has 0 bridgehead atoms. The van der Waals surface area contributed by atoms with Crippen molar-refractivity contribution in [3.05, 3.63) is 50.6 Å². The van der Waals surface area contributed by atoms with E-state index in [0.29, 0.717) is 23.4 Å². The van der Waals surface area contributed by atoms with E-state index in [4.69, 9.17) is 0 Å². The zero-order valence-corrected chi connectivity index (χ0v) is 12.9. The fourth-order valence-corrected chi connectivity index (χ4v) is 3.46. The number of ketones is 1. The van der Waals surface area contributed by atoms with Crippen LogP contribution in [-0.2, 0) is 6.54 Å². The van der Waals surface area contributed by atoms with Crippen LogP contribution in [0.2, 0.25) is 0 Å². The molecule has 1 N–H and O–H groups in total. The van der Waals surface area contributed by atoms with Gasteiger partial charge < -0.3 is 9.55 Å². The Morgan fingerprint density at radius 2 is 2.19 bits per heavy atom. The van der Waals surface area contributed by atoms with E-state index in [9.17, 15) is 9.59 Å². The van der Waals surface area contributed by atoms with Crippen LogP contribution in [0.3, 0.4) is 0 Å². The first kappa shape index (κ1) is 13.8. The summed E-state index contributed by atoms with van der Waals surface area (Å²) in [6, 6.07) is 3.57. The number of carbonyl (C=O) groups excluding carboxylic acids is 1. The lowest BCUT2D eigenvalue weighted by Gasteiger charge is -2.06. The molecular weight excluding hydrogens is 286 g/mol. The van der Waals surface area contributed by atoms with Gasteiger partial charge in [-0.2, -0.15) is 0 Å². The number of thiophene rings is 1. The number of Topliss-reactive ketones (excluding diaryl/α,β-unsaturated/α-hetero) is 1. The van der Waals surface area contributed by atoms with Gasteiger partial charge in [-0.3, -0.25) is 9.59 Å². The highest BCUT2D eigenvalue weighted by Crippen LogP contribution is 2.25. The molecule has 0 aliphatic carbocycles. The first-order valence-electron chi connectivity index (χ1n) is 6.62. The fourth-order valence-electron chi connectivity index (χ4n) is 2.41. The van der Waals surface area contributed by atoms with Gasteiger partial charge in [0.25, 0.3) is 5.56 Å². The summed E-state index contributed by atoms with van der Waals surface area (Å²) in [5, 5.41) is 0.667. The van der Waals surface area contributed by atoms with Crippen LogP contribution in [0, 0.1) is 13.8 Å². The van der Waals surface area contributed by atoms with Crippen LogP contribution in [0.25, 0.3) is 10.2 Å². The SMILES string of the molecule is CC(=O)c1cccn1Cc1nc2sc(C)c(C)c2c(=O)[nH]1. The van der Waals surface area contributed by atoms with Gasteiger partial charge >= 0.3 is 0 Å². The Hall–Kier alpha value is -2.21. The molecule has 5 nitrogen and oxygen atoms in total. The minimum absolute atomic E-state index is 0.00811. The van der Waals surface area contributed by atoms with Crippen molar-refractivity contribution in [1.29, 1.82) is 0 Å². The molecule has 3 rings (SSSR count). The Morgan fingerprint density at radius 3 is 2.90 bits per heavy atom. The number of carbonyl (C=O) groups is 1. The fraction of sp³-hybridized carbons (Fsp3) is 0.267. The highest BCUT2D eigenvalue weighted by Gasteiger charge is 2.13. The molecular formula is C15H15N3O2S. The maximum atomic E-state index is 12.2. The summed E-state index contributed by atoms with van der Waals surface area (Å²) in [5.74, 6) is 0.554. The zero-order valence-electron chi connectivity index (χ0n) is 12.1. The predicted octanol–water partition coefficient (Wildman–Crippen LogP) is 2.65. The molecule has 0 spiro atoms. The molecule has 21 heavy (non-hydrogen) atoms. The van der Waals surface area contributed by atoms with Crippen LogP contribution >= 0.6 is 11.3 Å². The van der Waals surface area contributed by atoms with Crippen LogP contribution < -0.4 is 5.56 Å². The van der Waals surface area contributed by atoms with Crippen molar-refractivity contribution in [3.63, 3.8) is 0 Å². The minimum atomic E-state index is -0.117. The van der Waals surface area contributed by atoms with Gasteiger partial charge in [0.05, 0.1) is 17.6 Å². The van der Waals surface area contributed by atoms with Crippen molar-refractivity contribution in [2.45, 2.75) is 27.3 Å². The monoisotopic (exact) mass is 301 g/mol. The first-order valence-corrected chi connectivity index (χ1v) is 7.44. The number of aryl methyl sites for hydroxylation is 2. The molecule has 6 heteroatoms. The topological polar surface area (TPSA) is 67.8 Å². The maximum absolute atomic E-state index is 12.2. The van der Waals surface area contributed by atoms with Gasteiger partial charge in [0.15, 0.2) is 5.78 Å². The number of fused-ring (bicyclic) bond motifs is 1. The maximum Gasteiger partial charge on any atom is 0.259 e. The van der Waals surface area contributed by atoms with E-state index < -0.39 is 0 Å². The van der Waals surface area contributed by atoms with Crippen LogP contribution in [-0.4, -0.2) is 20.3 Å². The number of nitrogens with zero attached hydrogens (tertiary/aromatic N) is 2. The quantitative estimate of drug-likeness (QED) is 0.756. The van der Waals surface area contributed by atoms with Crippen LogP contribution in [0.1, 0.15) is 33.7 Å². The highest BCUT2D eigenvalue weighted by molar-refractivity contribution is 7.18. The molecule has 0 unspecified atom stereocenters. The number of aromatic amines is 1. The summed E-state index contributed by atoms with van der Waals surface area (Å²) >= 11 is 1.52. The van der Waals surface area contributed by atoms with Crippen molar-refractivity contribution < 1.29 is 4.79 Å². The highest BCUT2D eigenvalue weighted by atomic mass is 32.1. The van der Waals surface area contributed by atoms with Gasteiger partial charge in [0, 0.05) is 18.0 Å². The summed E-state index contributed by atoms with van der Waals surface area (Å²) in [6.07, 6.45) is 1.81. The van der Waals surface area contributed by atoms with Gasteiger partial charge in [-0.25, -0.2) is 4.98 Å². The summed E-state index contributed by atoms with van der Waals surface area (Å²) in [7, 11) is 0. The molecule has 108 valence electrons. The molecule has 0 amide bonds. The smallest absolute Gasteiger partial charge is 0.259 e. The average molecular weight is 301 g/mol. The van der Waals surface area contributed by atoms with E-state index >= 15 is 0 Å². The molecule has 0 atom stereocenters. The van der Waals surface area contributed by atoms with Gasteiger partial charge in [0.1, 0.15) is 10.7 Å². The molecule has 0 fully saturated rings. The van der Waals surface area contributed by atoms with Gasteiger partial charge in [-0.05, 0) is 31.5 Å². The third-order valence-electron chi connectivity index (χ3n) is 3.60. The molecule has 0 radical (unpaired) electrons. The largest absolute Gasteiger partial charge is 0.338 e. The van der Waals surface area contributed by atoms with Gasteiger partial charge in [-0.1, -0.05) is 0 Å². The molecule has 0 aromatic carbocycles. The molecule has 3 heterocycles. The minimum Gasteiger partial charge on any atom is -0.338 e. The second-order valence-electron chi connectivity index (χ2n) is 5.05. The summed E-state index contributed by atoms with van der Waals surface area (Å²) in [4.78, 5) is 32.9. The van der Waals surface area contributed by atoms with Crippen molar-refractivity contribution in [2.24, 2.45) is 0 Å². The van der Waals surface area contributed by atoms with Gasteiger partial charge in [0.2, 0.25) is 0 Å². The second-order valence-corrected chi connectivity index (χ2v) is 6.26. The molecule has 0 saturated heterocycles. The van der Waals surface area contributed by atoms with Crippen molar-refractivity contribution >= 4 is 27.3 Å². The number of rotatable bonds is 3. The van der Waals surface area contributed by atoms with Gasteiger partial charge in [-0.15, -0.1) is 11.3 Å². The normalized spacial score (nSPS) is 11.2. The lowest BCUT2D eigenvalue weighted by molar-refractivity contribution is 0.100.